The largest absolute Gasteiger partial charge is 0.444 e. The molecule has 0 radical (unpaired) electrons. The number of carbonyl (C=O) groups excluding carboxylic acids is 2. The molecule has 1 rings (SSSR count). The van der Waals surface area contributed by atoms with Gasteiger partial charge in [-0.1, -0.05) is 53.1 Å². The SMILES string of the molecule is CC(C)CC(C(C)C)C(OC(=O)NN(C(=O)c1ccc(Cl)cc1I)C(C)C)C(C)C. The van der Waals surface area contributed by atoms with Crippen LogP contribution in [0.1, 0.15) is 72.2 Å². The van der Waals surface area contributed by atoms with Gasteiger partial charge in [0.15, 0.2) is 0 Å². The fourth-order valence-electron chi connectivity index (χ4n) is 3.50. The third-order valence-electron chi connectivity index (χ3n) is 5.03. The average Bonchev–Trinajstić information content (AvgIpc) is 2.61. The number of benzene rings is 1. The molecule has 0 aliphatic rings. The molecular weight excluding hydrogens is 515 g/mol. The zero-order valence-corrected chi connectivity index (χ0v) is 22.2. The summed E-state index contributed by atoms with van der Waals surface area (Å²) < 4.78 is 6.61. The highest BCUT2D eigenvalue weighted by Gasteiger charge is 2.32. The fourth-order valence-corrected chi connectivity index (χ4v) is 4.61. The lowest BCUT2D eigenvalue weighted by Crippen LogP contribution is -2.51. The Morgan fingerprint density at radius 3 is 2.10 bits per heavy atom. The number of hydrazine groups is 1. The summed E-state index contributed by atoms with van der Waals surface area (Å²) in [6, 6.07) is 4.82. The van der Waals surface area contributed by atoms with Gasteiger partial charge >= 0.3 is 6.09 Å². The van der Waals surface area contributed by atoms with Gasteiger partial charge in [-0.25, -0.2) is 15.2 Å². The number of amides is 2. The zero-order valence-electron chi connectivity index (χ0n) is 19.3. The van der Waals surface area contributed by atoms with Crippen molar-refractivity contribution in [1.82, 2.24) is 10.4 Å². The average molecular weight is 551 g/mol. The Morgan fingerprint density at radius 2 is 1.67 bits per heavy atom. The molecular formula is C23H36ClIN2O3. The normalized spacial score (nSPS) is 13.7. The van der Waals surface area contributed by atoms with Gasteiger partial charge in [0.25, 0.3) is 5.91 Å². The van der Waals surface area contributed by atoms with Gasteiger partial charge in [-0.3, -0.25) is 4.79 Å². The third-order valence-corrected chi connectivity index (χ3v) is 6.16. The number of hydrogen-bond donors (Lipinski definition) is 1. The van der Waals surface area contributed by atoms with Crippen molar-refractivity contribution in [3.63, 3.8) is 0 Å². The van der Waals surface area contributed by atoms with Crippen molar-refractivity contribution in [3.8, 4) is 0 Å². The smallest absolute Gasteiger partial charge is 0.426 e. The Morgan fingerprint density at radius 1 is 1.07 bits per heavy atom. The van der Waals surface area contributed by atoms with Crippen LogP contribution in [0.2, 0.25) is 5.02 Å². The molecule has 0 spiro atoms. The second kappa shape index (κ2) is 12.1. The maximum atomic E-state index is 13.1. The number of halogens is 2. The predicted molar refractivity (Wildman–Crippen MR) is 132 cm³/mol. The van der Waals surface area contributed by atoms with E-state index in [1.165, 1.54) is 5.01 Å². The molecule has 2 atom stereocenters. The van der Waals surface area contributed by atoms with Crippen LogP contribution in [-0.2, 0) is 4.74 Å². The van der Waals surface area contributed by atoms with Crippen LogP contribution in [-0.4, -0.2) is 29.2 Å². The van der Waals surface area contributed by atoms with Gasteiger partial charge in [-0.2, -0.15) is 0 Å². The molecule has 0 aromatic heterocycles. The van der Waals surface area contributed by atoms with Gasteiger partial charge in [0.1, 0.15) is 6.10 Å². The molecule has 0 heterocycles. The number of nitrogens with zero attached hydrogens (tertiary/aromatic N) is 1. The summed E-state index contributed by atoms with van der Waals surface area (Å²) in [7, 11) is 0. The lowest BCUT2D eigenvalue weighted by Gasteiger charge is -2.35. The highest BCUT2D eigenvalue weighted by atomic mass is 127. The van der Waals surface area contributed by atoms with Crippen LogP contribution in [0.4, 0.5) is 4.79 Å². The van der Waals surface area contributed by atoms with Crippen molar-refractivity contribution >= 4 is 46.2 Å². The Hall–Kier alpha value is -1.02. The first-order valence-electron chi connectivity index (χ1n) is 10.6. The van der Waals surface area contributed by atoms with E-state index in [9.17, 15) is 9.59 Å². The molecule has 1 N–H and O–H groups in total. The molecule has 0 saturated heterocycles. The molecule has 7 heteroatoms. The maximum Gasteiger partial charge on any atom is 0.426 e. The maximum absolute atomic E-state index is 13.1. The van der Waals surface area contributed by atoms with E-state index in [1.54, 1.807) is 18.2 Å². The first kappa shape index (κ1) is 27.0. The summed E-state index contributed by atoms with van der Waals surface area (Å²) in [6.45, 7) is 16.5. The van der Waals surface area contributed by atoms with Crippen LogP contribution in [0, 0.1) is 27.2 Å². The van der Waals surface area contributed by atoms with Crippen LogP contribution < -0.4 is 5.43 Å². The van der Waals surface area contributed by atoms with E-state index in [-0.39, 0.29) is 29.9 Å². The third kappa shape index (κ3) is 7.91. The van der Waals surface area contributed by atoms with Gasteiger partial charge in [0.2, 0.25) is 0 Å². The quantitative estimate of drug-likeness (QED) is 0.287. The Labute approximate surface area is 200 Å². The molecule has 0 aliphatic carbocycles. The Kier molecular flexibility index (Phi) is 10.9. The summed E-state index contributed by atoms with van der Waals surface area (Å²) in [6.07, 6.45) is 0.144. The van der Waals surface area contributed by atoms with E-state index < -0.39 is 6.09 Å². The highest BCUT2D eigenvalue weighted by molar-refractivity contribution is 14.1. The van der Waals surface area contributed by atoms with Crippen LogP contribution in [0.5, 0.6) is 0 Å². The van der Waals surface area contributed by atoms with Crippen LogP contribution in [0.15, 0.2) is 18.2 Å². The van der Waals surface area contributed by atoms with Gasteiger partial charge in [0, 0.05) is 14.6 Å². The second-order valence-electron chi connectivity index (χ2n) is 9.16. The number of ether oxygens (including phenoxy) is 1. The molecule has 0 aliphatic heterocycles. The van der Waals surface area contributed by atoms with Crippen molar-refractivity contribution in [2.24, 2.45) is 23.7 Å². The lowest BCUT2D eigenvalue weighted by atomic mass is 9.79. The minimum atomic E-state index is -0.603. The van der Waals surface area contributed by atoms with Crippen molar-refractivity contribution in [3.05, 3.63) is 32.4 Å². The van der Waals surface area contributed by atoms with Crippen molar-refractivity contribution < 1.29 is 14.3 Å². The van der Waals surface area contributed by atoms with E-state index in [1.807, 2.05) is 13.8 Å². The van der Waals surface area contributed by atoms with Crippen LogP contribution in [0.25, 0.3) is 0 Å². The molecule has 170 valence electrons. The van der Waals surface area contributed by atoms with Gasteiger partial charge < -0.3 is 4.74 Å². The Balaban J connectivity index is 3.02. The van der Waals surface area contributed by atoms with Crippen molar-refractivity contribution in [1.29, 1.82) is 0 Å². The summed E-state index contributed by atoms with van der Waals surface area (Å²) >= 11 is 8.08. The van der Waals surface area contributed by atoms with Gasteiger partial charge in [0.05, 0.1) is 5.56 Å². The highest BCUT2D eigenvalue weighted by Crippen LogP contribution is 2.30. The van der Waals surface area contributed by atoms with Gasteiger partial charge in [-0.15, -0.1) is 0 Å². The van der Waals surface area contributed by atoms with Crippen molar-refractivity contribution in [2.45, 2.75) is 74.0 Å². The number of carbonyl (C=O) groups is 2. The molecule has 0 saturated carbocycles. The fraction of sp³-hybridized carbons (Fsp3) is 0.652. The summed E-state index contributed by atoms with van der Waals surface area (Å²) in [5.41, 5.74) is 3.16. The lowest BCUT2D eigenvalue weighted by molar-refractivity contribution is -0.00390. The minimum Gasteiger partial charge on any atom is -0.444 e. The first-order chi connectivity index (χ1) is 13.8. The molecule has 5 nitrogen and oxygen atoms in total. The number of rotatable bonds is 8. The second-order valence-corrected chi connectivity index (χ2v) is 10.8. The summed E-state index contributed by atoms with van der Waals surface area (Å²) in [5.74, 6) is 1.00. The van der Waals surface area contributed by atoms with Gasteiger partial charge in [-0.05, 0) is 84.7 Å². The van der Waals surface area contributed by atoms with E-state index in [0.29, 0.717) is 22.4 Å². The van der Waals surface area contributed by atoms with Crippen LogP contribution in [0.3, 0.4) is 0 Å². The number of nitrogens with one attached hydrogen (secondary N) is 1. The van der Waals surface area contributed by atoms with E-state index >= 15 is 0 Å². The summed E-state index contributed by atoms with van der Waals surface area (Å²) in [4.78, 5) is 25.9. The van der Waals surface area contributed by atoms with E-state index in [2.05, 4.69) is 69.6 Å². The molecule has 1 aromatic rings. The molecule has 2 unspecified atom stereocenters. The Bertz CT molecular complexity index is 722. The molecule has 1 aromatic carbocycles. The standard InChI is InChI=1S/C23H36ClIN2O3/c1-13(2)11-19(14(3)4)21(15(5)6)30-23(29)26-27(16(7)8)22(28)18-10-9-17(24)12-20(18)25/h9-10,12-16,19,21H,11H2,1-8H3,(H,26,29). The number of hydrogen-bond acceptors (Lipinski definition) is 3. The minimum absolute atomic E-state index is 0.169. The summed E-state index contributed by atoms with van der Waals surface area (Å²) in [5, 5.41) is 1.88. The topological polar surface area (TPSA) is 58.6 Å². The van der Waals surface area contributed by atoms with Crippen molar-refractivity contribution in [2.75, 3.05) is 0 Å². The monoisotopic (exact) mass is 550 g/mol. The molecule has 0 fully saturated rings. The predicted octanol–water partition coefficient (Wildman–Crippen LogP) is 6.78. The molecule has 2 amide bonds. The van der Waals surface area contributed by atoms with E-state index in [0.717, 1.165) is 9.99 Å². The zero-order chi connectivity index (χ0) is 23.2. The first-order valence-corrected chi connectivity index (χ1v) is 12.1. The van der Waals surface area contributed by atoms with Crippen LogP contribution >= 0.6 is 34.2 Å². The molecule has 0 bridgehead atoms. The van der Waals surface area contributed by atoms with E-state index in [4.69, 9.17) is 16.3 Å². The molecule has 30 heavy (non-hydrogen) atoms.